The van der Waals surface area contributed by atoms with Crippen LogP contribution in [0.2, 0.25) is 0 Å². The average Bonchev–Trinajstić information content (AvgIpc) is 2.23. The van der Waals surface area contributed by atoms with E-state index in [1.54, 1.807) is 0 Å². The molecule has 84 valence electrons. The summed E-state index contributed by atoms with van der Waals surface area (Å²) in [7, 11) is 0. The van der Waals surface area contributed by atoms with Crippen LogP contribution in [0.25, 0.3) is 0 Å². The molecule has 3 heteroatoms. The summed E-state index contributed by atoms with van der Waals surface area (Å²) in [6.07, 6.45) is 2.15. The van der Waals surface area contributed by atoms with Gasteiger partial charge < -0.3 is 5.11 Å². The van der Waals surface area contributed by atoms with Gasteiger partial charge in [-0.3, -0.25) is 0 Å². The van der Waals surface area contributed by atoms with Gasteiger partial charge in [0.2, 0.25) is 0 Å². The Hall–Kier alpha value is -0.960. The van der Waals surface area contributed by atoms with Crippen molar-refractivity contribution in [1.82, 2.24) is 0 Å². The number of aliphatic hydroxyl groups excluding tert-OH is 1. The minimum atomic E-state index is -0.414. The predicted octanol–water partition coefficient (Wildman–Crippen LogP) is 3.06. The molecule has 0 bridgehead atoms. The summed E-state index contributed by atoms with van der Waals surface area (Å²) in [6.45, 7) is 1.90. The number of hydrogen-bond donors (Lipinski definition) is 1. The first-order valence-corrected chi connectivity index (χ1v) is 5.25. The van der Waals surface area contributed by atoms with Gasteiger partial charge in [-0.1, -0.05) is 6.92 Å². The molecule has 1 N–H and O–H groups in total. The molecule has 0 spiro atoms. The van der Waals surface area contributed by atoms with Crippen molar-refractivity contribution in [3.63, 3.8) is 0 Å². The van der Waals surface area contributed by atoms with E-state index in [9.17, 15) is 13.9 Å². The third-order valence-electron chi connectivity index (χ3n) is 2.46. The molecule has 0 amide bonds. The minimum Gasteiger partial charge on any atom is -0.393 e. The van der Waals surface area contributed by atoms with Crippen molar-refractivity contribution in [1.29, 1.82) is 0 Å². The largest absolute Gasteiger partial charge is 0.393 e. The van der Waals surface area contributed by atoms with E-state index in [2.05, 4.69) is 0 Å². The first kappa shape index (κ1) is 12.1. The molecule has 0 saturated heterocycles. The number of hydrogen-bond acceptors (Lipinski definition) is 1. The van der Waals surface area contributed by atoms with Crippen LogP contribution in [0.5, 0.6) is 0 Å². The summed E-state index contributed by atoms with van der Waals surface area (Å²) in [5, 5.41) is 9.29. The Morgan fingerprint density at radius 1 is 1.33 bits per heavy atom. The van der Waals surface area contributed by atoms with Gasteiger partial charge in [0.1, 0.15) is 11.6 Å². The van der Waals surface area contributed by atoms with E-state index >= 15 is 0 Å². The second kappa shape index (κ2) is 5.81. The van der Waals surface area contributed by atoms with Gasteiger partial charge in [-0.2, -0.15) is 0 Å². The summed E-state index contributed by atoms with van der Waals surface area (Å²) in [5.74, 6) is -0.787. The van der Waals surface area contributed by atoms with Crippen LogP contribution in [0, 0.1) is 11.6 Å². The number of aryl methyl sites for hydroxylation is 1. The zero-order valence-corrected chi connectivity index (χ0v) is 8.84. The van der Waals surface area contributed by atoms with Crippen LogP contribution in [0.15, 0.2) is 18.2 Å². The normalized spacial score (nSPS) is 12.8. The average molecular weight is 214 g/mol. The smallest absolute Gasteiger partial charge is 0.126 e. The van der Waals surface area contributed by atoms with E-state index in [-0.39, 0.29) is 11.9 Å². The first-order valence-electron chi connectivity index (χ1n) is 5.25. The maximum atomic E-state index is 13.1. The Bertz CT molecular complexity index is 312. The van der Waals surface area contributed by atoms with Gasteiger partial charge in [-0.05, 0) is 49.4 Å². The van der Waals surface area contributed by atoms with Gasteiger partial charge in [0.15, 0.2) is 0 Å². The molecule has 0 radical (unpaired) electrons. The maximum absolute atomic E-state index is 13.1. The zero-order valence-electron chi connectivity index (χ0n) is 8.84. The van der Waals surface area contributed by atoms with Gasteiger partial charge in [0.25, 0.3) is 0 Å². The monoisotopic (exact) mass is 214 g/mol. The minimum absolute atomic E-state index is 0.332. The van der Waals surface area contributed by atoms with Gasteiger partial charge in [0.05, 0.1) is 6.10 Å². The van der Waals surface area contributed by atoms with Gasteiger partial charge >= 0.3 is 0 Å². The third kappa shape index (κ3) is 3.96. The highest BCUT2D eigenvalue weighted by molar-refractivity contribution is 5.18. The van der Waals surface area contributed by atoms with Crippen molar-refractivity contribution in [3.8, 4) is 0 Å². The van der Waals surface area contributed by atoms with Gasteiger partial charge in [-0.15, -0.1) is 0 Å². The Morgan fingerprint density at radius 3 is 2.73 bits per heavy atom. The third-order valence-corrected chi connectivity index (χ3v) is 2.46. The Balaban J connectivity index is 2.46. The highest BCUT2D eigenvalue weighted by Gasteiger charge is 2.05. The molecule has 1 aromatic rings. The van der Waals surface area contributed by atoms with Gasteiger partial charge in [-0.25, -0.2) is 8.78 Å². The van der Waals surface area contributed by atoms with E-state index in [0.717, 1.165) is 12.1 Å². The van der Waals surface area contributed by atoms with Crippen molar-refractivity contribution in [2.45, 2.75) is 38.7 Å². The van der Waals surface area contributed by atoms with Crippen LogP contribution in [-0.4, -0.2) is 11.2 Å². The molecule has 1 atom stereocenters. The fourth-order valence-corrected chi connectivity index (χ4v) is 1.47. The molecule has 1 nitrogen and oxygen atoms in total. The molecule has 0 aromatic heterocycles. The summed E-state index contributed by atoms with van der Waals surface area (Å²) in [4.78, 5) is 0. The van der Waals surface area contributed by atoms with E-state index in [1.807, 2.05) is 6.92 Å². The Kier molecular flexibility index (Phi) is 4.69. The highest BCUT2D eigenvalue weighted by Crippen LogP contribution is 2.13. The standard InChI is InChI=1S/C12H16F2O/c1-2-11(15)5-3-4-9-8-10(13)6-7-12(9)14/h6-8,11,15H,2-5H2,1H3. The van der Waals surface area contributed by atoms with E-state index < -0.39 is 5.82 Å². The fourth-order valence-electron chi connectivity index (χ4n) is 1.47. The molecule has 0 fully saturated rings. The van der Waals surface area contributed by atoms with Crippen LogP contribution in [0.3, 0.4) is 0 Å². The highest BCUT2D eigenvalue weighted by atomic mass is 19.1. The summed E-state index contributed by atoms with van der Waals surface area (Å²) in [6, 6.07) is 3.47. The molecule has 1 rings (SSSR count). The molecule has 1 aromatic carbocycles. The van der Waals surface area contributed by atoms with Gasteiger partial charge in [0, 0.05) is 0 Å². The molecule has 0 aliphatic heterocycles. The Labute approximate surface area is 88.7 Å². The molecule has 0 aliphatic rings. The SMILES string of the molecule is CCC(O)CCCc1cc(F)ccc1F. The lowest BCUT2D eigenvalue weighted by atomic mass is 10.0. The lowest BCUT2D eigenvalue weighted by Crippen LogP contribution is -2.04. The Morgan fingerprint density at radius 2 is 2.07 bits per heavy atom. The second-order valence-electron chi connectivity index (χ2n) is 3.69. The zero-order chi connectivity index (χ0) is 11.3. The maximum Gasteiger partial charge on any atom is 0.126 e. The molecule has 0 heterocycles. The van der Waals surface area contributed by atoms with Crippen molar-refractivity contribution in [2.75, 3.05) is 0 Å². The fraction of sp³-hybridized carbons (Fsp3) is 0.500. The van der Waals surface area contributed by atoms with Crippen molar-refractivity contribution in [2.24, 2.45) is 0 Å². The van der Waals surface area contributed by atoms with E-state index in [4.69, 9.17) is 0 Å². The van der Waals surface area contributed by atoms with E-state index in [0.29, 0.717) is 31.2 Å². The van der Waals surface area contributed by atoms with E-state index in [1.165, 1.54) is 6.07 Å². The number of benzene rings is 1. The predicted molar refractivity (Wildman–Crippen MR) is 55.6 cm³/mol. The molecule has 15 heavy (non-hydrogen) atoms. The van der Waals surface area contributed by atoms with Crippen LogP contribution >= 0.6 is 0 Å². The molecular formula is C12H16F2O. The summed E-state index contributed by atoms with van der Waals surface area (Å²) < 4.78 is 25.9. The van der Waals surface area contributed by atoms with Crippen molar-refractivity contribution < 1.29 is 13.9 Å². The lowest BCUT2D eigenvalue weighted by molar-refractivity contribution is 0.157. The van der Waals surface area contributed by atoms with Crippen LogP contribution < -0.4 is 0 Å². The van der Waals surface area contributed by atoms with Crippen LogP contribution in [-0.2, 0) is 6.42 Å². The van der Waals surface area contributed by atoms with Crippen molar-refractivity contribution >= 4 is 0 Å². The number of rotatable bonds is 5. The molecule has 1 unspecified atom stereocenters. The second-order valence-corrected chi connectivity index (χ2v) is 3.69. The van der Waals surface area contributed by atoms with Crippen LogP contribution in [0.1, 0.15) is 31.7 Å². The van der Waals surface area contributed by atoms with Crippen molar-refractivity contribution in [3.05, 3.63) is 35.4 Å². The topological polar surface area (TPSA) is 20.2 Å². The molecule has 0 saturated carbocycles. The lowest BCUT2D eigenvalue weighted by Gasteiger charge is -2.07. The van der Waals surface area contributed by atoms with Crippen LogP contribution in [0.4, 0.5) is 8.78 Å². The number of halogens is 2. The first-order chi connectivity index (χ1) is 7.13. The molecule has 0 aliphatic carbocycles. The molecular weight excluding hydrogens is 198 g/mol. The number of aliphatic hydroxyl groups is 1. The summed E-state index contributed by atoms with van der Waals surface area (Å²) >= 11 is 0. The summed E-state index contributed by atoms with van der Waals surface area (Å²) in [5.41, 5.74) is 0.387. The quantitative estimate of drug-likeness (QED) is 0.798.